The van der Waals surface area contributed by atoms with Crippen LogP contribution in [0.1, 0.15) is 142 Å². The fourth-order valence-electron chi connectivity index (χ4n) is 4.78. The molecule has 0 aromatic heterocycles. The molecule has 0 aliphatic heterocycles. The number of rotatable bonds is 31. The van der Waals surface area contributed by atoms with Gasteiger partial charge in [0, 0.05) is 6.42 Å². The summed E-state index contributed by atoms with van der Waals surface area (Å²) < 4.78 is 0. The number of aliphatic hydroxyl groups excluding tert-OH is 2. The van der Waals surface area contributed by atoms with Crippen molar-refractivity contribution in [3.63, 3.8) is 0 Å². The summed E-state index contributed by atoms with van der Waals surface area (Å²) in [5, 5.41) is 22.5. The van der Waals surface area contributed by atoms with Crippen LogP contribution in [0.5, 0.6) is 0 Å². The topological polar surface area (TPSA) is 69.6 Å². The third-order valence-electron chi connectivity index (χ3n) is 7.61. The standard InChI is InChI=1S/C42H69NO3/c1-3-5-7-8-9-10-11-12-13-14-15-16-17-18-19-20-21-22-23-24-25-26-27-28-29-30-31-32-33-34-36-38-42(46)43-40(39-44)41(45)37-35-6-4-2/h5,7,9-10,12-13,15-16,18-19,21-22,24-25,27-28,40-41,44-45H,3-4,6,8,11,14,17,20,23,26,29-39H2,1-2H3,(H,43,46)/b7-5-,10-9-,13-12-,16-15-,19-18-,22-21-,25-24-,28-27-. The number of carbonyl (C=O) groups excluding carboxylic acids is 1. The third-order valence-corrected chi connectivity index (χ3v) is 7.61. The molecule has 0 fully saturated rings. The van der Waals surface area contributed by atoms with Crippen molar-refractivity contribution >= 4 is 5.91 Å². The summed E-state index contributed by atoms with van der Waals surface area (Å²) in [5.41, 5.74) is 0. The van der Waals surface area contributed by atoms with E-state index < -0.39 is 12.1 Å². The zero-order valence-electron chi connectivity index (χ0n) is 29.5. The Hall–Kier alpha value is -2.69. The summed E-state index contributed by atoms with van der Waals surface area (Å²) in [6.45, 7) is 4.06. The van der Waals surface area contributed by atoms with Crippen LogP contribution in [0.4, 0.5) is 0 Å². The lowest BCUT2D eigenvalue weighted by molar-refractivity contribution is -0.123. The first kappa shape index (κ1) is 43.3. The minimum absolute atomic E-state index is 0.0647. The van der Waals surface area contributed by atoms with Gasteiger partial charge in [0.2, 0.25) is 5.91 Å². The SMILES string of the molecule is CC/C=C\C/C=C\C/C=C\C/C=C\C/C=C\C/C=C\C/C=C\C/C=C\CCCCCCCCC(=O)NC(CO)C(O)CCCCC. The second kappa shape index (κ2) is 36.8. The number of aliphatic hydroxyl groups is 2. The molecule has 4 heteroatoms. The maximum atomic E-state index is 12.2. The lowest BCUT2D eigenvalue weighted by Crippen LogP contribution is -2.45. The van der Waals surface area contributed by atoms with E-state index in [4.69, 9.17) is 0 Å². The van der Waals surface area contributed by atoms with E-state index in [1.165, 1.54) is 19.3 Å². The van der Waals surface area contributed by atoms with E-state index in [2.05, 4.69) is 116 Å². The van der Waals surface area contributed by atoms with E-state index >= 15 is 0 Å². The molecular weight excluding hydrogens is 566 g/mol. The van der Waals surface area contributed by atoms with Gasteiger partial charge in [0.15, 0.2) is 0 Å². The molecule has 0 saturated carbocycles. The van der Waals surface area contributed by atoms with E-state index in [0.29, 0.717) is 12.8 Å². The molecule has 0 rings (SSSR count). The predicted octanol–water partition coefficient (Wildman–Crippen LogP) is 11.1. The summed E-state index contributed by atoms with van der Waals surface area (Å²) in [6.07, 6.45) is 55.2. The van der Waals surface area contributed by atoms with Gasteiger partial charge in [-0.25, -0.2) is 0 Å². The van der Waals surface area contributed by atoms with Crippen LogP contribution in [0.2, 0.25) is 0 Å². The molecule has 0 aromatic rings. The second-order valence-corrected chi connectivity index (χ2v) is 11.9. The van der Waals surface area contributed by atoms with Gasteiger partial charge in [0.05, 0.1) is 18.8 Å². The van der Waals surface area contributed by atoms with Crippen LogP contribution < -0.4 is 5.32 Å². The van der Waals surface area contributed by atoms with Gasteiger partial charge in [-0.1, -0.05) is 156 Å². The minimum atomic E-state index is -0.668. The van der Waals surface area contributed by atoms with Gasteiger partial charge in [0.1, 0.15) is 0 Å². The van der Waals surface area contributed by atoms with Gasteiger partial charge >= 0.3 is 0 Å². The first-order valence-corrected chi connectivity index (χ1v) is 18.4. The molecule has 0 aromatic carbocycles. The van der Waals surface area contributed by atoms with Gasteiger partial charge in [-0.05, 0) is 77.0 Å². The average molecular weight is 636 g/mol. The highest BCUT2D eigenvalue weighted by molar-refractivity contribution is 5.76. The van der Waals surface area contributed by atoms with Crippen LogP contribution in [-0.2, 0) is 4.79 Å². The largest absolute Gasteiger partial charge is 0.394 e. The Morgan fingerprint density at radius 1 is 0.543 bits per heavy atom. The van der Waals surface area contributed by atoms with Crippen molar-refractivity contribution in [1.29, 1.82) is 0 Å². The molecule has 3 N–H and O–H groups in total. The second-order valence-electron chi connectivity index (χ2n) is 11.9. The van der Waals surface area contributed by atoms with Crippen molar-refractivity contribution in [1.82, 2.24) is 5.32 Å². The first-order chi connectivity index (χ1) is 22.7. The molecular formula is C42H69NO3. The highest BCUT2D eigenvalue weighted by Crippen LogP contribution is 2.11. The molecule has 46 heavy (non-hydrogen) atoms. The Bertz CT molecular complexity index is 906. The van der Waals surface area contributed by atoms with Crippen molar-refractivity contribution in [3.05, 3.63) is 97.2 Å². The van der Waals surface area contributed by atoms with Crippen LogP contribution in [0.15, 0.2) is 97.2 Å². The van der Waals surface area contributed by atoms with Crippen molar-refractivity contribution in [2.75, 3.05) is 6.61 Å². The van der Waals surface area contributed by atoms with Gasteiger partial charge < -0.3 is 15.5 Å². The van der Waals surface area contributed by atoms with E-state index in [1.54, 1.807) is 0 Å². The molecule has 0 spiro atoms. The summed E-state index contributed by atoms with van der Waals surface area (Å²) in [4.78, 5) is 12.2. The monoisotopic (exact) mass is 636 g/mol. The number of hydrogen-bond acceptors (Lipinski definition) is 3. The zero-order valence-corrected chi connectivity index (χ0v) is 29.5. The molecule has 2 atom stereocenters. The lowest BCUT2D eigenvalue weighted by atomic mass is 10.0. The summed E-state index contributed by atoms with van der Waals surface area (Å²) in [5.74, 6) is -0.0647. The van der Waals surface area contributed by atoms with E-state index in [1.807, 2.05) is 0 Å². The summed E-state index contributed by atoms with van der Waals surface area (Å²) >= 11 is 0. The number of amides is 1. The Morgan fingerprint density at radius 2 is 0.957 bits per heavy atom. The van der Waals surface area contributed by atoms with Crippen LogP contribution in [0.3, 0.4) is 0 Å². The van der Waals surface area contributed by atoms with E-state index in [9.17, 15) is 15.0 Å². The maximum absolute atomic E-state index is 12.2. The number of allylic oxidation sites excluding steroid dienone is 16. The number of unbranched alkanes of at least 4 members (excludes halogenated alkanes) is 8. The van der Waals surface area contributed by atoms with Crippen LogP contribution in [-0.4, -0.2) is 34.9 Å². The highest BCUT2D eigenvalue weighted by Gasteiger charge is 2.19. The third kappa shape index (κ3) is 32.7. The Morgan fingerprint density at radius 3 is 1.39 bits per heavy atom. The maximum Gasteiger partial charge on any atom is 0.220 e. The molecule has 0 bridgehead atoms. The van der Waals surface area contributed by atoms with Crippen molar-refractivity contribution in [2.45, 2.75) is 154 Å². The molecule has 0 aliphatic rings. The normalized spacial score (nSPS) is 14.3. The van der Waals surface area contributed by atoms with E-state index in [0.717, 1.165) is 96.3 Å². The predicted molar refractivity (Wildman–Crippen MR) is 202 cm³/mol. The fraction of sp³-hybridized carbons (Fsp3) is 0.595. The molecule has 4 nitrogen and oxygen atoms in total. The number of carbonyl (C=O) groups is 1. The molecule has 0 aliphatic carbocycles. The van der Waals surface area contributed by atoms with Crippen LogP contribution >= 0.6 is 0 Å². The minimum Gasteiger partial charge on any atom is -0.394 e. The Balaban J connectivity index is 3.61. The van der Waals surface area contributed by atoms with Crippen LogP contribution in [0.25, 0.3) is 0 Å². The Labute approximate surface area is 283 Å². The molecule has 2 unspecified atom stereocenters. The van der Waals surface area contributed by atoms with Crippen molar-refractivity contribution in [2.24, 2.45) is 0 Å². The zero-order chi connectivity index (χ0) is 33.6. The molecule has 0 heterocycles. The van der Waals surface area contributed by atoms with Crippen LogP contribution in [0, 0.1) is 0 Å². The molecule has 1 amide bonds. The van der Waals surface area contributed by atoms with Gasteiger partial charge in [-0.15, -0.1) is 0 Å². The smallest absolute Gasteiger partial charge is 0.220 e. The van der Waals surface area contributed by atoms with Gasteiger partial charge in [0.25, 0.3) is 0 Å². The van der Waals surface area contributed by atoms with Crippen molar-refractivity contribution < 1.29 is 15.0 Å². The van der Waals surface area contributed by atoms with E-state index in [-0.39, 0.29) is 12.5 Å². The van der Waals surface area contributed by atoms with Crippen molar-refractivity contribution in [3.8, 4) is 0 Å². The Kier molecular flexibility index (Phi) is 34.6. The molecule has 0 saturated heterocycles. The summed E-state index contributed by atoms with van der Waals surface area (Å²) in [7, 11) is 0. The first-order valence-electron chi connectivity index (χ1n) is 18.4. The fourth-order valence-corrected chi connectivity index (χ4v) is 4.78. The summed E-state index contributed by atoms with van der Waals surface area (Å²) in [6, 6.07) is -0.546. The lowest BCUT2D eigenvalue weighted by Gasteiger charge is -2.22. The highest BCUT2D eigenvalue weighted by atomic mass is 16.3. The van der Waals surface area contributed by atoms with Gasteiger partial charge in [-0.3, -0.25) is 4.79 Å². The van der Waals surface area contributed by atoms with Gasteiger partial charge in [-0.2, -0.15) is 0 Å². The number of hydrogen-bond donors (Lipinski definition) is 3. The quantitative estimate of drug-likeness (QED) is 0.0524. The molecule has 0 radical (unpaired) electrons. The number of nitrogens with one attached hydrogen (secondary N) is 1. The average Bonchev–Trinajstić information content (AvgIpc) is 3.06. The molecule has 260 valence electrons.